The van der Waals surface area contributed by atoms with Crippen LogP contribution in [-0.2, 0) is 15.7 Å². The monoisotopic (exact) mass is 622 g/mol. The molecule has 3 amide bonds. The van der Waals surface area contributed by atoms with Gasteiger partial charge < -0.3 is 15.0 Å². The van der Waals surface area contributed by atoms with E-state index in [9.17, 15) is 32.8 Å². The summed E-state index contributed by atoms with van der Waals surface area (Å²) in [4.78, 5) is 45.8. The molecule has 3 aliphatic carbocycles. The minimum Gasteiger partial charge on any atom is -0.381 e. The number of fused-ring (bicyclic) bond motifs is 2. The highest BCUT2D eigenvalue weighted by molar-refractivity contribution is 6.07. The second kappa shape index (κ2) is 10.3. The van der Waals surface area contributed by atoms with Crippen molar-refractivity contribution in [1.29, 1.82) is 5.26 Å². The summed E-state index contributed by atoms with van der Waals surface area (Å²) < 4.78 is 47.8. The summed E-state index contributed by atoms with van der Waals surface area (Å²) in [6, 6.07) is 4.59. The fourth-order valence-electron chi connectivity index (χ4n) is 7.75. The van der Waals surface area contributed by atoms with Crippen molar-refractivity contribution in [3.63, 3.8) is 0 Å². The topological polar surface area (TPSA) is 121 Å². The van der Waals surface area contributed by atoms with E-state index in [0.29, 0.717) is 49.8 Å². The van der Waals surface area contributed by atoms with Gasteiger partial charge in [0.25, 0.3) is 17.7 Å². The second-order valence-electron chi connectivity index (χ2n) is 13.4. The molecular weight excluding hydrogens is 589 g/mol. The van der Waals surface area contributed by atoms with Gasteiger partial charge in [0.15, 0.2) is 5.69 Å². The molecule has 6 aliphatic rings. The van der Waals surface area contributed by atoms with Crippen LogP contribution in [0.2, 0.25) is 0 Å². The minimum absolute atomic E-state index is 0.00780. The highest BCUT2D eigenvalue weighted by Gasteiger charge is 2.58. The van der Waals surface area contributed by atoms with E-state index in [2.05, 4.69) is 11.4 Å². The molecule has 8 rings (SSSR count). The molecule has 45 heavy (non-hydrogen) atoms. The molecule has 4 heterocycles. The zero-order valence-electron chi connectivity index (χ0n) is 24.5. The van der Waals surface area contributed by atoms with Crippen LogP contribution in [0.1, 0.15) is 95.3 Å². The molecule has 3 saturated carbocycles. The predicted octanol–water partition coefficient (Wildman–Crippen LogP) is 4.18. The quantitative estimate of drug-likeness (QED) is 0.516. The summed E-state index contributed by atoms with van der Waals surface area (Å²) in [5.74, 6) is -1.13. The van der Waals surface area contributed by atoms with Crippen molar-refractivity contribution in [2.45, 2.75) is 93.7 Å². The van der Waals surface area contributed by atoms with Crippen molar-refractivity contribution in [1.82, 2.24) is 20.0 Å². The number of piperidine rings is 1. The highest BCUT2D eigenvalue weighted by Crippen LogP contribution is 2.55. The molecule has 5 fully saturated rings. The molecule has 1 aromatic carbocycles. The molecule has 0 radical (unpaired) electrons. The van der Waals surface area contributed by atoms with E-state index in [1.165, 1.54) is 12.1 Å². The maximum Gasteiger partial charge on any atom is 0.416 e. The summed E-state index contributed by atoms with van der Waals surface area (Å²) in [6.45, 7) is 1.04. The Kier molecular flexibility index (Phi) is 6.54. The number of hydrogen-bond acceptors (Lipinski definition) is 6. The highest BCUT2D eigenvalue weighted by atomic mass is 19.4. The zero-order chi connectivity index (χ0) is 31.2. The van der Waals surface area contributed by atoms with Crippen LogP contribution in [0.15, 0.2) is 24.3 Å². The molecule has 3 aliphatic heterocycles. The Morgan fingerprint density at radius 1 is 1.02 bits per heavy atom. The molecule has 2 aromatic rings. The Balaban J connectivity index is 1.24. The minimum atomic E-state index is -4.63. The SMILES string of the molecule is N#C[C@@H]1C[C@H]2C[C@H]2N1C(=O)c1nn(C2CCOCC2)c2c1[C@H](C1CC1)[C@H](NC(=O)c1cccc(C(F)(F)F)c1)C(=O)N2C1CC1. The molecule has 5 atom stereocenters. The van der Waals surface area contributed by atoms with Crippen LogP contribution in [0, 0.1) is 23.2 Å². The number of carbonyl (C=O) groups excluding carboxylic acids is 3. The van der Waals surface area contributed by atoms with Gasteiger partial charge in [0.05, 0.1) is 17.7 Å². The number of nitrogens with zero attached hydrogens (tertiary/aromatic N) is 5. The van der Waals surface area contributed by atoms with Gasteiger partial charge in [-0.2, -0.15) is 23.5 Å². The number of halogens is 3. The Morgan fingerprint density at radius 2 is 1.78 bits per heavy atom. The molecule has 10 nitrogen and oxygen atoms in total. The fourth-order valence-corrected chi connectivity index (χ4v) is 7.75. The number of likely N-dealkylation sites (tertiary alicyclic amines) is 1. The van der Waals surface area contributed by atoms with Crippen molar-refractivity contribution in [3.8, 4) is 6.07 Å². The number of hydrogen-bond donors (Lipinski definition) is 1. The van der Waals surface area contributed by atoms with E-state index in [1.54, 1.807) is 9.80 Å². The van der Waals surface area contributed by atoms with Gasteiger partial charge >= 0.3 is 6.18 Å². The number of amides is 3. The van der Waals surface area contributed by atoms with E-state index < -0.39 is 35.6 Å². The molecule has 2 saturated heterocycles. The number of rotatable bonds is 6. The third-order valence-electron chi connectivity index (χ3n) is 10.4. The first-order valence-electron chi connectivity index (χ1n) is 15.9. The third kappa shape index (κ3) is 4.80. The first-order chi connectivity index (χ1) is 21.7. The van der Waals surface area contributed by atoms with Crippen LogP contribution in [0.25, 0.3) is 0 Å². The Hall–Kier alpha value is -3.92. The van der Waals surface area contributed by atoms with Gasteiger partial charge in [-0.25, -0.2) is 4.68 Å². The van der Waals surface area contributed by atoms with Crippen LogP contribution < -0.4 is 10.2 Å². The van der Waals surface area contributed by atoms with Crippen LogP contribution in [0.5, 0.6) is 0 Å². The van der Waals surface area contributed by atoms with Crippen molar-refractivity contribution in [2.24, 2.45) is 11.8 Å². The number of nitrogens with one attached hydrogen (secondary N) is 1. The normalized spacial score (nSPS) is 29.6. The lowest BCUT2D eigenvalue weighted by Gasteiger charge is -2.40. The lowest BCUT2D eigenvalue weighted by atomic mass is 9.82. The number of aromatic nitrogens is 2. The molecule has 0 bridgehead atoms. The number of anilines is 1. The predicted molar refractivity (Wildman–Crippen MR) is 152 cm³/mol. The molecule has 1 aromatic heterocycles. The summed E-state index contributed by atoms with van der Waals surface area (Å²) in [7, 11) is 0. The zero-order valence-corrected chi connectivity index (χ0v) is 24.5. The second-order valence-corrected chi connectivity index (χ2v) is 13.4. The first-order valence-corrected chi connectivity index (χ1v) is 15.9. The van der Waals surface area contributed by atoms with Gasteiger partial charge in [-0.3, -0.25) is 19.3 Å². The molecule has 0 unspecified atom stereocenters. The van der Waals surface area contributed by atoms with Gasteiger partial charge in [0.1, 0.15) is 17.9 Å². The maximum absolute atomic E-state index is 14.5. The Bertz CT molecular complexity index is 1620. The summed E-state index contributed by atoms with van der Waals surface area (Å²) in [6.07, 6.45) is 1.23. The van der Waals surface area contributed by atoms with Gasteiger partial charge in [0, 0.05) is 42.3 Å². The van der Waals surface area contributed by atoms with E-state index in [4.69, 9.17) is 9.84 Å². The van der Waals surface area contributed by atoms with E-state index in [0.717, 1.165) is 44.2 Å². The summed E-state index contributed by atoms with van der Waals surface area (Å²) >= 11 is 0. The number of alkyl halides is 3. The number of ether oxygens (including phenoxy) is 1. The van der Waals surface area contributed by atoms with Gasteiger partial charge in [-0.05, 0) is 81.4 Å². The van der Waals surface area contributed by atoms with Crippen LogP contribution in [0.3, 0.4) is 0 Å². The van der Waals surface area contributed by atoms with E-state index in [-0.39, 0.29) is 47.1 Å². The standard InChI is InChI=1S/C32H33F3N6O4/c33-32(34,35)19-3-1-2-17(12-19)28(42)37-26-24(16-4-5-16)25-27(31(44)39-22(15-36)13-18-14-23(18)39)38-41(21-8-10-45-11-9-21)29(25)40(30(26)43)20-6-7-20/h1-3,12,16,18,20-24,26H,4-11,13-14H2,(H,37,42)/t18-,22-,23+,24-,26-/m0/s1. The van der Waals surface area contributed by atoms with Crippen molar-refractivity contribution in [2.75, 3.05) is 18.1 Å². The maximum atomic E-state index is 14.5. The summed E-state index contributed by atoms with van der Waals surface area (Å²) in [5, 5.41) is 17.7. The van der Waals surface area contributed by atoms with Crippen molar-refractivity contribution in [3.05, 3.63) is 46.6 Å². The molecule has 13 heteroatoms. The first kappa shape index (κ1) is 28.5. The van der Waals surface area contributed by atoms with Crippen LogP contribution in [-0.4, -0.2) is 69.8 Å². The smallest absolute Gasteiger partial charge is 0.381 e. The number of carbonyl (C=O) groups is 3. The lowest BCUT2D eigenvalue weighted by Crippen LogP contribution is -2.57. The third-order valence-corrected chi connectivity index (χ3v) is 10.4. The van der Waals surface area contributed by atoms with Crippen LogP contribution in [0.4, 0.5) is 19.0 Å². The fraction of sp³-hybridized carbons (Fsp3) is 0.594. The molecular formula is C32H33F3N6O4. The Morgan fingerprint density at radius 3 is 2.44 bits per heavy atom. The average molecular weight is 623 g/mol. The van der Waals surface area contributed by atoms with E-state index >= 15 is 0 Å². The van der Waals surface area contributed by atoms with Gasteiger partial charge in [-0.1, -0.05) is 6.07 Å². The largest absolute Gasteiger partial charge is 0.416 e. The molecule has 0 spiro atoms. The average Bonchev–Trinajstić information content (AvgIpc) is 3.95. The Labute approximate surface area is 257 Å². The van der Waals surface area contributed by atoms with Crippen molar-refractivity contribution >= 4 is 23.5 Å². The van der Waals surface area contributed by atoms with Crippen molar-refractivity contribution < 1.29 is 32.3 Å². The number of benzene rings is 1. The number of nitriles is 1. The summed E-state index contributed by atoms with van der Waals surface area (Å²) in [5.41, 5.74) is -0.306. The van der Waals surface area contributed by atoms with Gasteiger partial charge in [0.2, 0.25) is 0 Å². The lowest BCUT2D eigenvalue weighted by molar-refractivity contribution is -0.137. The molecule has 1 N–H and O–H groups in total. The molecule has 236 valence electrons. The van der Waals surface area contributed by atoms with E-state index in [1.807, 2.05) is 4.68 Å². The van der Waals surface area contributed by atoms with Gasteiger partial charge in [-0.15, -0.1) is 0 Å². The van der Waals surface area contributed by atoms with Crippen LogP contribution >= 0.6 is 0 Å².